The Morgan fingerprint density at radius 1 is 0.230 bits per heavy atom. The smallest absolute Gasteiger partial charge is 0.252 e. The normalized spacial score (nSPS) is 14.6. The highest BCUT2D eigenvalue weighted by Gasteiger charge is 2.47. The topological polar surface area (TPSA) is 21.3 Å². The van der Waals surface area contributed by atoms with Crippen LogP contribution in [-0.4, -0.2) is 20.4 Å². The Bertz CT molecular complexity index is 8940. The number of hydrogen-bond acceptors (Lipinski definition) is 2. The van der Waals surface area contributed by atoms with Crippen LogP contribution in [0.4, 0.5) is 34.1 Å². The first-order valence-corrected chi connectivity index (χ1v) is 42.9. The van der Waals surface area contributed by atoms with Crippen LogP contribution in [0, 0.1) is 0 Å². The summed E-state index contributed by atoms with van der Waals surface area (Å²) in [6.07, 6.45) is 0. The van der Waals surface area contributed by atoms with E-state index in [2.05, 4.69) is 305 Å². The molecule has 20 aromatic carbocycles. The molecule has 0 N–H and O–H groups in total. The van der Waals surface area contributed by atoms with Crippen molar-refractivity contribution in [3.63, 3.8) is 0 Å². The fraction of sp³-hybridized carbons (Fsp3) is 0.0667. The van der Waals surface area contributed by atoms with E-state index in [1.54, 1.807) is 9.13 Å². The highest BCUT2D eigenvalue weighted by molar-refractivity contribution is 7.00. The van der Waals surface area contributed by atoms with Crippen molar-refractivity contribution in [3.8, 4) is 72.7 Å². The van der Waals surface area contributed by atoms with Gasteiger partial charge in [-0.2, -0.15) is 0 Å². The molecule has 2 aliphatic heterocycles. The van der Waals surface area contributed by atoms with Gasteiger partial charge in [0.15, 0.2) is 0 Å². The summed E-state index contributed by atoms with van der Waals surface area (Å²) in [5, 5.41) is 9.93. The zero-order valence-electron chi connectivity index (χ0n) is 85.8. The van der Waals surface area contributed by atoms with E-state index in [0.29, 0.717) is 33.7 Å². The van der Waals surface area contributed by atoms with E-state index in [4.69, 9.17) is 0 Å². The highest BCUT2D eigenvalue weighted by atomic mass is 15.2. The second kappa shape index (κ2) is 28.0. The lowest BCUT2D eigenvalue weighted by Gasteiger charge is -2.46. The van der Waals surface area contributed by atoms with E-state index in [1.165, 1.54) is 0 Å². The van der Waals surface area contributed by atoms with E-state index in [1.807, 2.05) is 66.7 Å². The van der Waals surface area contributed by atoms with Gasteiger partial charge in [0.1, 0.15) is 0 Å². The standard InChI is InChI=1S/C120H86BN5/c1-119(2,3)85-69-99(75-30-10-7-11-31-75)117(101(71-85)82-56-54-79-52-50-77-34-16-18-38-90(77)97(79)65-82)125-112-73-88(123-106-45-25-20-40-92(106)93-41-21-26-46-107(93)123)59-61-104(112)121-105-62-60-89(124-108-47-27-22-42-94(108)95-43-23-28-48-109(95)124)74-113(105)126(115-68-84(67-114(125)116(115)121)81-58-63-111-103(64-81)96-44-24-29-49-110(96)122(111)87-36-14-9-15-37-87)118-100(76-32-12-8-13-33-76)70-86(120(4,5)6)72-102(118)83-57-55-80-53-51-78-35-17-19-39-91(78)98(80)66-83/h7-74H,1-6H3/i20D,21D,22D,23D,25D,26D,27D,28D,40D,41D,42D,43D,45D,46D,47D,48D. The minimum atomic E-state index is -0.875. The highest BCUT2D eigenvalue weighted by Crippen LogP contribution is 2.57. The predicted octanol–water partition coefficient (Wildman–Crippen LogP) is 30.6. The van der Waals surface area contributed by atoms with Crippen LogP contribution < -0.4 is 26.2 Å². The van der Waals surface area contributed by atoms with Crippen molar-refractivity contribution in [1.29, 1.82) is 0 Å². The molecule has 23 aromatic rings. The molecule has 0 aliphatic carbocycles. The number of anilines is 6. The monoisotopic (exact) mass is 1620 g/mol. The first-order chi connectivity index (χ1) is 68.4. The van der Waals surface area contributed by atoms with E-state index in [0.717, 1.165) is 154 Å². The van der Waals surface area contributed by atoms with Crippen molar-refractivity contribution in [1.82, 2.24) is 13.7 Å². The van der Waals surface area contributed by atoms with Gasteiger partial charge in [-0.05, 0) is 242 Å². The van der Waals surface area contributed by atoms with Crippen molar-refractivity contribution < 1.29 is 21.9 Å². The summed E-state index contributed by atoms with van der Waals surface area (Å²) >= 11 is 0. The number of nitrogens with zero attached hydrogens (tertiary/aromatic N) is 5. The van der Waals surface area contributed by atoms with Gasteiger partial charge in [0.25, 0.3) is 6.71 Å². The van der Waals surface area contributed by atoms with Gasteiger partial charge < -0.3 is 23.5 Å². The van der Waals surface area contributed by atoms with Crippen LogP contribution in [-0.2, 0) is 10.8 Å². The number of hydrogen-bond donors (Lipinski definition) is 0. The molecule has 594 valence electrons. The lowest BCUT2D eigenvalue weighted by Crippen LogP contribution is -2.61. The zero-order chi connectivity index (χ0) is 97.9. The Morgan fingerprint density at radius 3 is 1.02 bits per heavy atom. The van der Waals surface area contributed by atoms with Crippen molar-refractivity contribution in [2.45, 2.75) is 52.4 Å². The Hall–Kier alpha value is -15.5. The number of para-hydroxylation sites is 6. The molecular formula is C120H86BN5. The van der Waals surface area contributed by atoms with E-state index in [9.17, 15) is 21.9 Å². The molecule has 0 spiro atoms. The molecular weight excluding hydrogens is 1520 g/mol. The van der Waals surface area contributed by atoms with Gasteiger partial charge >= 0.3 is 0 Å². The minimum absolute atomic E-state index is 0.0686. The summed E-state index contributed by atoms with van der Waals surface area (Å²) in [6, 6.07) is 103. The summed E-state index contributed by atoms with van der Waals surface area (Å²) < 4.78 is 161. The summed E-state index contributed by atoms with van der Waals surface area (Å²) in [5.74, 6) is 0. The van der Waals surface area contributed by atoms with Crippen LogP contribution in [0.15, 0.2) is 412 Å². The van der Waals surface area contributed by atoms with Gasteiger partial charge in [0, 0.05) is 94.4 Å². The molecule has 0 saturated heterocycles. The molecule has 2 aliphatic rings. The van der Waals surface area contributed by atoms with Crippen LogP contribution >= 0.6 is 0 Å². The summed E-state index contributed by atoms with van der Waals surface area (Å²) in [5.41, 5.74) is 18.9. The van der Waals surface area contributed by atoms with Gasteiger partial charge in [-0.3, -0.25) is 0 Å². The van der Waals surface area contributed by atoms with Gasteiger partial charge in [-0.1, -0.05) is 326 Å². The maximum Gasteiger partial charge on any atom is 0.252 e. The molecule has 0 bridgehead atoms. The molecule has 5 heterocycles. The second-order valence-electron chi connectivity index (χ2n) is 35.5. The third kappa shape index (κ3) is 11.3. The predicted molar refractivity (Wildman–Crippen MR) is 538 cm³/mol. The summed E-state index contributed by atoms with van der Waals surface area (Å²) in [7, 11) is 0. The van der Waals surface area contributed by atoms with Crippen molar-refractivity contribution >= 4 is 166 Å². The maximum atomic E-state index is 10.2. The van der Waals surface area contributed by atoms with Gasteiger partial charge in [0.2, 0.25) is 0 Å². The number of rotatable bonds is 10. The number of aromatic nitrogens is 3. The van der Waals surface area contributed by atoms with Crippen LogP contribution in [0.3, 0.4) is 0 Å². The van der Waals surface area contributed by atoms with Gasteiger partial charge in [0.05, 0.1) is 66.4 Å². The molecule has 5 nitrogen and oxygen atoms in total. The SMILES string of the molecule is [2H]c1c([2H])c([2H])c2c(c1[2H])c1c([2H])c([2H])c([2H])c([2H])c1n2-c1ccc2c(c1)N(c1c(-c3ccccc3)cc(C(C)(C)C)cc1-c1ccc3ccc4ccccc4c3c1)c1cc(-c3ccc4c(c3)c3ccccc3n4-c3ccccc3)cc3c1B2c1ccc(-n2c4c([2H])c([2H])c([2H])c([2H])c4c4c([2H])c([2H])c([2H])c([2H])c42)cc1N3c1c(-c2ccccc2)cc(C(C)(C)C)cc1-c1ccc2ccc3ccccc3c2c1. The number of fused-ring (bicyclic) bond motifs is 19. The van der Waals surface area contributed by atoms with Crippen molar-refractivity contribution in [3.05, 3.63) is 423 Å². The van der Waals surface area contributed by atoms with Crippen LogP contribution in [0.5, 0.6) is 0 Å². The molecule has 0 atom stereocenters. The van der Waals surface area contributed by atoms with Gasteiger partial charge in [-0.25, -0.2) is 0 Å². The lowest BCUT2D eigenvalue weighted by molar-refractivity contribution is 0.590. The average Bonchev–Trinajstić information content (AvgIpc) is 0.989. The Kier molecular flexibility index (Phi) is 13.0. The van der Waals surface area contributed by atoms with Crippen LogP contribution in [0.1, 0.15) is 74.6 Å². The minimum Gasteiger partial charge on any atom is -0.310 e. The molecule has 25 rings (SSSR count). The lowest BCUT2D eigenvalue weighted by atomic mass is 9.33. The first-order valence-electron chi connectivity index (χ1n) is 50.9. The van der Waals surface area contributed by atoms with Crippen LogP contribution in [0.2, 0.25) is 0 Å². The average molecular weight is 1620 g/mol. The van der Waals surface area contributed by atoms with Crippen molar-refractivity contribution in [2.24, 2.45) is 0 Å². The Balaban J connectivity index is 0.915. The molecule has 0 unspecified atom stereocenters. The molecule has 0 amide bonds. The van der Waals surface area contributed by atoms with E-state index >= 15 is 0 Å². The fourth-order valence-corrected chi connectivity index (χ4v) is 20.3. The van der Waals surface area contributed by atoms with Crippen LogP contribution in [0.25, 0.3) is 181 Å². The molecule has 126 heavy (non-hydrogen) atoms. The third-order valence-electron chi connectivity index (χ3n) is 26.3. The summed E-state index contributed by atoms with van der Waals surface area (Å²) in [6.45, 7) is 12.5. The van der Waals surface area contributed by atoms with E-state index < -0.39 is 114 Å². The Labute approximate surface area is 755 Å². The largest absolute Gasteiger partial charge is 0.310 e. The summed E-state index contributed by atoms with van der Waals surface area (Å²) in [4.78, 5) is 4.78. The Morgan fingerprint density at radius 2 is 0.579 bits per heavy atom. The molecule has 0 saturated carbocycles. The van der Waals surface area contributed by atoms with E-state index in [-0.39, 0.29) is 55.0 Å². The molecule has 0 radical (unpaired) electrons. The maximum absolute atomic E-state index is 10.2. The number of benzene rings is 20. The van der Waals surface area contributed by atoms with Crippen molar-refractivity contribution in [2.75, 3.05) is 9.80 Å². The third-order valence-corrected chi connectivity index (χ3v) is 26.3. The fourth-order valence-electron chi connectivity index (χ4n) is 20.3. The second-order valence-corrected chi connectivity index (χ2v) is 35.5. The molecule has 6 heteroatoms. The van der Waals surface area contributed by atoms with Gasteiger partial charge in [-0.15, -0.1) is 0 Å². The zero-order valence-corrected chi connectivity index (χ0v) is 69.8. The molecule has 3 aromatic heterocycles. The quantitative estimate of drug-likeness (QED) is 0.101. The molecule has 0 fully saturated rings. The first kappa shape index (κ1) is 58.5.